The standard InChI is InChI=1S/C22H26N2/c1-3-19-22-18-11-7-8-12-20(18)24(21(22)14-15-23(19)2)16-13-17-9-5-4-6-10-17/h4-12,19H,3,13-16H2,1-2H3. The Morgan fingerprint density at radius 2 is 1.75 bits per heavy atom. The summed E-state index contributed by atoms with van der Waals surface area (Å²) in [6.07, 6.45) is 3.43. The predicted molar refractivity (Wildman–Crippen MR) is 101 cm³/mol. The van der Waals surface area contributed by atoms with Gasteiger partial charge in [-0.25, -0.2) is 0 Å². The van der Waals surface area contributed by atoms with E-state index >= 15 is 0 Å². The Morgan fingerprint density at radius 1 is 1.00 bits per heavy atom. The van der Waals surface area contributed by atoms with E-state index in [0.717, 1.165) is 25.9 Å². The largest absolute Gasteiger partial charge is 0.344 e. The highest BCUT2D eigenvalue weighted by molar-refractivity contribution is 5.86. The lowest BCUT2D eigenvalue weighted by molar-refractivity contribution is 0.223. The Balaban J connectivity index is 1.78. The first-order valence-electron chi connectivity index (χ1n) is 9.13. The third kappa shape index (κ3) is 2.55. The van der Waals surface area contributed by atoms with Gasteiger partial charge in [-0.2, -0.15) is 0 Å². The van der Waals surface area contributed by atoms with Crippen LogP contribution in [0.2, 0.25) is 0 Å². The first-order valence-corrected chi connectivity index (χ1v) is 9.13. The van der Waals surface area contributed by atoms with Crippen molar-refractivity contribution in [3.05, 3.63) is 71.4 Å². The average molecular weight is 318 g/mol. The lowest BCUT2D eigenvalue weighted by Crippen LogP contribution is -2.32. The van der Waals surface area contributed by atoms with Crippen molar-refractivity contribution in [2.75, 3.05) is 13.6 Å². The minimum Gasteiger partial charge on any atom is -0.344 e. The Labute approximate surface area is 144 Å². The summed E-state index contributed by atoms with van der Waals surface area (Å²) in [7, 11) is 2.27. The molecule has 1 aromatic heterocycles. The van der Waals surface area contributed by atoms with Gasteiger partial charge in [-0.05, 0) is 37.1 Å². The van der Waals surface area contributed by atoms with Gasteiger partial charge in [0.1, 0.15) is 0 Å². The number of hydrogen-bond acceptors (Lipinski definition) is 1. The van der Waals surface area contributed by atoms with Crippen molar-refractivity contribution in [2.45, 2.75) is 38.8 Å². The number of fused-ring (bicyclic) bond motifs is 3. The lowest BCUT2D eigenvalue weighted by Gasteiger charge is -2.33. The number of rotatable bonds is 4. The highest BCUT2D eigenvalue weighted by Gasteiger charge is 2.29. The Kier molecular flexibility index (Phi) is 4.15. The van der Waals surface area contributed by atoms with E-state index in [1.165, 1.54) is 22.9 Å². The Morgan fingerprint density at radius 3 is 2.54 bits per heavy atom. The SMILES string of the molecule is CCC1c2c(n(CCc3ccccc3)c3ccccc23)CCN1C. The lowest BCUT2D eigenvalue weighted by atomic mass is 9.94. The van der Waals surface area contributed by atoms with Crippen LogP contribution >= 0.6 is 0 Å². The van der Waals surface area contributed by atoms with E-state index in [4.69, 9.17) is 0 Å². The van der Waals surface area contributed by atoms with Crippen LogP contribution in [0.4, 0.5) is 0 Å². The summed E-state index contributed by atoms with van der Waals surface area (Å²) in [4.78, 5) is 2.52. The maximum absolute atomic E-state index is 2.59. The molecule has 1 aliphatic heterocycles. The smallest absolute Gasteiger partial charge is 0.0486 e. The molecule has 2 heterocycles. The van der Waals surface area contributed by atoms with Gasteiger partial charge in [0.05, 0.1) is 0 Å². The maximum atomic E-state index is 2.59. The molecule has 0 saturated carbocycles. The number of aromatic nitrogens is 1. The summed E-state index contributed by atoms with van der Waals surface area (Å²) in [5.41, 5.74) is 5.98. The van der Waals surface area contributed by atoms with Crippen molar-refractivity contribution in [2.24, 2.45) is 0 Å². The number of para-hydroxylation sites is 1. The van der Waals surface area contributed by atoms with Crippen LogP contribution in [0, 0.1) is 0 Å². The molecule has 2 nitrogen and oxygen atoms in total. The molecule has 0 amide bonds. The quantitative estimate of drug-likeness (QED) is 0.669. The highest BCUT2D eigenvalue weighted by atomic mass is 15.2. The molecule has 1 aliphatic rings. The molecule has 0 N–H and O–H groups in total. The summed E-state index contributed by atoms with van der Waals surface area (Å²) in [5.74, 6) is 0. The zero-order valence-corrected chi connectivity index (χ0v) is 14.7. The van der Waals surface area contributed by atoms with Gasteiger partial charge in [0, 0.05) is 42.1 Å². The fourth-order valence-electron chi connectivity index (χ4n) is 4.34. The molecule has 2 aromatic carbocycles. The summed E-state index contributed by atoms with van der Waals surface area (Å²) in [5, 5.41) is 1.46. The van der Waals surface area contributed by atoms with Crippen molar-refractivity contribution < 1.29 is 0 Å². The molecule has 1 atom stereocenters. The maximum Gasteiger partial charge on any atom is 0.0486 e. The van der Waals surface area contributed by atoms with E-state index < -0.39 is 0 Å². The molecular formula is C22H26N2. The van der Waals surface area contributed by atoms with Crippen LogP contribution in [0.5, 0.6) is 0 Å². The van der Waals surface area contributed by atoms with Gasteiger partial charge >= 0.3 is 0 Å². The molecule has 0 bridgehead atoms. The molecule has 24 heavy (non-hydrogen) atoms. The van der Waals surface area contributed by atoms with Crippen LogP contribution in [-0.4, -0.2) is 23.1 Å². The third-order valence-corrected chi connectivity index (χ3v) is 5.54. The van der Waals surface area contributed by atoms with Gasteiger partial charge in [-0.15, -0.1) is 0 Å². The van der Waals surface area contributed by atoms with Crippen LogP contribution in [0.25, 0.3) is 10.9 Å². The van der Waals surface area contributed by atoms with Crippen molar-refractivity contribution >= 4 is 10.9 Å². The van der Waals surface area contributed by atoms with Gasteiger partial charge < -0.3 is 4.57 Å². The van der Waals surface area contributed by atoms with Gasteiger partial charge in [0.25, 0.3) is 0 Å². The van der Waals surface area contributed by atoms with E-state index in [9.17, 15) is 0 Å². The second-order valence-corrected chi connectivity index (χ2v) is 6.92. The third-order valence-electron chi connectivity index (χ3n) is 5.54. The fourth-order valence-corrected chi connectivity index (χ4v) is 4.34. The van der Waals surface area contributed by atoms with Gasteiger partial charge in [-0.1, -0.05) is 55.5 Å². The molecule has 1 unspecified atom stereocenters. The summed E-state index contributed by atoms with van der Waals surface area (Å²) >= 11 is 0. The van der Waals surface area contributed by atoms with Crippen molar-refractivity contribution in [1.82, 2.24) is 9.47 Å². The molecule has 0 fully saturated rings. The van der Waals surface area contributed by atoms with Crippen molar-refractivity contribution in [1.29, 1.82) is 0 Å². The number of benzene rings is 2. The summed E-state index contributed by atoms with van der Waals surface area (Å²) in [6.45, 7) is 4.54. The normalized spacial score (nSPS) is 18.0. The average Bonchev–Trinajstić information content (AvgIpc) is 2.95. The molecule has 3 aromatic rings. The predicted octanol–water partition coefficient (Wildman–Crippen LogP) is 4.82. The second kappa shape index (κ2) is 6.45. The van der Waals surface area contributed by atoms with Gasteiger partial charge in [0.2, 0.25) is 0 Å². The van der Waals surface area contributed by atoms with Crippen LogP contribution in [0.1, 0.15) is 36.2 Å². The molecule has 0 radical (unpaired) electrons. The minimum atomic E-state index is 0.552. The van der Waals surface area contributed by atoms with Crippen LogP contribution in [0.15, 0.2) is 54.6 Å². The molecule has 124 valence electrons. The van der Waals surface area contributed by atoms with E-state index in [-0.39, 0.29) is 0 Å². The fraction of sp³-hybridized carbons (Fsp3) is 0.364. The molecule has 4 rings (SSSR count). The topological polar surface area (TPSA) is 8.17 Å². The van der Waals surface area contributed by atoms with Crippen molar-refractivity contribution in [3.8, 4) is 0 Å². The first kappa shape index (κ1) is 15.5. The van der Waals surface area contributed by atoms with E-state index in [1.807, 2.05) is 0 Å². The molecule has 2 heteroatoms. The summed E-state index contributed by atoms with van der Waals surface area (Å²) < 4.78 is 2.59. The number of aryl methyl sites for hydroxylation is 2. The number of likely N-dealkylation sites (N-methyl/N-ethyl adjacent to an activating group) is 1. The van der Waals surface area contributed by atoms with Crippen LogP contribution in [0.3, 0.4) is 0 Å². The highest BCUT2D eigenvalue weighted by Crippen LogP contribution is 2.38. The van der Waals surface area contributed by atoms with Crippen molar-refractivity contribution in [3.63, 3.8) is 0 Å². The molecule has 0 saturated heterocycles. The molecule has 0 spiro atoms. The number of hydrogen-bond donors (Lipinski definition) is 0. The Bertz CT molecular complexity index is 832. The van der Waals surface area contributed by atoms with E-state index in [1.54, 1.807) is 11.3 Å². The molecular weight excluding hydrogens is 292 g/mol. The van der Waals surface area contributed by atoms with Gasteiger partial charge in [-0.3, -0.25) is 4.90 Å². The zero-order valence-electron chi connectivity index (χ0n) is 14.7. The van der Waals surface area contributed by atoms with E-state index in [2.05, 4.69) is 78.0 Å². The Hall–Kier alpha value is -2.06. The van der Waals surface area contributed by atoms with Crippen LogP contribution in [-0.2, 0) is 19.4 Å². The first-order chi connectivity index (χ1) is 11.8. The van der Waals surface area contributed by atoms with Gasteiger partial charge in [0.15, 0.2) is 0 Å². The summed E-state index contributed by atoms with van der Waals surface area (Å²) in [6, 6.07) is 20.4. The van der Waals surface area contributed by atoms with E-state index in [0.29, 0.717) is 6.04 Å². The monoisotopic (exact) mass is 318 g/mol. The molecule has 0 aliphatic carbocycles. The minimum absolute atomic E-state index is 0.552. The second-order valence-electron chi connectivity index (χ2n) is 6.92. The number of nitrogens with zero attached hydrogens (tertiary/aromatic N) is 2. The van der Waals surface area contributed by atoms with Crippen LogP contribution < -0.4 is 0 Å². The zero-order chi connectivity index (χ0) is 16.5.